The second-order valence-corrected chi connectivity index (χ2v) is 5.95. The van der Waals surface area contributed by atoms with Gasteiger partial charge in [-0.2, -0.15) is 5.26 Å². The quantitative estimate of drug-likeness (QED) is 0.465. The SMILES string of the molecule is CCOC=Nc1cc(C)c(Oc2ccn(-c3ccc(C#N)cc3)n2)cc1C. The maximum atomic E-state index is 8.89. The van der Waals surface area contributed by atoms with Crippen molar-refractivity contribution in [3.63, 3.8) is 0 Å². The van der Waals surface area contributed by atoms with Crippen molar-refractivity contribution in [1.29, 1.82) is 5.26 Å². The second-order valence-electron chi connectivity index (χ2n) is 5.95. The highest BCUT2D eigenvalue weighted by molar-refractivity contribution is 5.61. The Kier molecular flexibility index (Phi) is 5.53. The van der Waals surface area contributed by atoms with Crippen molar-refractivity contribution in [2.45, 2.75) is 20.8 Å². The van der Waals surface area contributed by atoms with Crippen molar-refractivity contribution in [2.75, 3.05) is 6.61 Å². The summed E-state index contributed by atoms with van der Waals surface area (Å²) in [5.41, 5.74) is 4.25. The van der Waals surface area contributed by atoms with Gasteiger partial charge in [0.1, 0.15) is 5.75 Å². The lowest BCUT2D eigenvalue weighted by Crippen LogP contribution is -1.96. The highest BCUT2D eigenvalue weighted by Gasteiger charge is 2.09. The maximum absolute atomic E-state index is 8.89. The number of benzene rings is 2. The molecule has 1 aromatic heterocycles. The lowest BCUT2D eigenvalue weighted by Gasteiger charge is -2.09. The summed E-state index contributed by atoms with van der Waals surface area (Å²) in [5, 5.41) is 13.3. The van der Waals surface area contributed by atoms with Crippen LogP contribution in [0, 0.1) is 25.2 Å². The Balaban J connectivity index is 1.78. The maximum Gasteiger partial charge on any atom is 0.238 e. The van der Waals surface area contributed by atoms with Gasteiger partial charge in [-0.15, -0.1) is 5.10 Å². The van der Waals surface area contributed by atoms with Crippen LogP contribution >= 0.6 is 0 Å². The van der Waals surface area contributed by atoms with E-state index in [0.29, 0.717) is 18.1 Å². The molecule has 0 aliphatic heterocycles. The lowest BCUT2D eigenvalue weighted by molar-refractivity contribution is 0.344. The van der Waals surface area contributed by atoms with Gasteiger partial charge in [0.2, 0.25) is 5.88 Å². The van der Waals surface area contributed by atoms with Gasteiger partial charge in [-0.1, -0.05) is 0 Å². The van der Waals surface area contributed by atoms with E-state index in [1.165, 1.54) is 6.40 Å². The Morgan fingerprint density at radius 3 is 2.63 bits per heavy atom. The summed E-state index contributed by atoms with van der Waals surface area (Å²) in [6.45, 7) is 6.44. The molecule has 27 heavy (non-hydrogen) atoms. The minimum absolute atomic E-state index is 0.493. The van der Waals surface area contributed by atoms with E-state index in [4.69, 9.17) is 14.7 Å². The number of rotatable bonds is 6. The molecule has 136 valence electrons. The Bertz CT molecular complexity index is 998. The van der Waals surface area contributed by atoms with Crippen molar-refractivity contribution in [3.05, 3.63) is 65.4 Å². The zero-order valence-electron chi connectivity index (χ0n) is 15.5. The van der Waals surface area contributed by atoms with Crippen LogP contribution in [0.3, 0.4) is 0 Å². The van der Waals surface area contributed by atoms with Gasteiger partial charge in [-0.3, -0.25) is 0 Å². The second kappa shape index (κ2) is 8.19. The number of ether oxygens (including phenoxy) is 2. The summed E-state index contributed by atoms with van der Waals surface area (Å²) in [5.74, 6) is 1.22. The standard InChI is InChI=1S/C21H20N4O2/c1-4-26-14-23-19-11-16(3)20(12-15(19)2)27-21-9-10-25(24-21)18-7-5-17(13-22)6-8-18/h5-12,14H,4H2,1-3H3. The molecule has 0 amide bonds. The highest BCUT2D eigenvalue weighted by atomic mass is 16.5. The molecule has 0 N–H and O–H groups in total. The molecule has 3 aromatic rings. The molecular weight excluding hydrogens is 340 g/mol. The lowest BCUT2D eigenvalue weighted by atomic mass is 10.1. The minimum atomic E-state index is 0.493. The molecule has 0 radical (unpaired) electrons. The van der Waals surface area contributed by atoms with Gasteiger partial charge in [-0.05, 0) is 68.3 Å². The predicted molar refractivity (Wildman–Crippen MR) is 104 cm³/mol. The van der Waals surface area contributed by atoms with Crippen molar-refractivity contribution < 1.29 is 9.47 Å². The van der Waals surface area contributed by atoms with Gasteiger partial charge >= 0.3 is 0 Å². The number of nitrogens with zero attached hydrogens (tertiary/aromatic N) is 4. The molecule has 3 rings (SSSR count). The monoisotopic (exact) mass is 360 g/mol. The van der Waals surface area contributed by atoms with Crippen molar-refractivity contribution >= 4 is 12.1 Å². The summed E-state index contributed by atoms with van der Waals surface area (Å²) in [6.07, 6.45) is 3.28. The normalized spacial score (nSPS) is 10.7. The first kappa shape index (κ1) is 18.2. The zero-order valence-corrected chi connectivity index (χ0v) is 15.5. The molecule has 0 fully saturated rings. The first-order valence-corrected chi connectivity index (χ1v) is 8.60. The zero-order chi connectivity index (χ0) is 19.2. The fourth-order valence-corrected chi connectivity index (χ4v) is 2.50. The first-order valence-electron chi connectivity index (χ1n) is 8.60. The highest BCUT2D eigenvalue weighted by Crippen LogP contribution is 2.31. The van der Waals surface area contributed by atoms with Crippen LogP contribution in [0.1, 0.15) is 23.6 Å². The number of nitriles is 1. The average Bonchev–Trinajstić information content (AvgIpc) is 3.14. The summed E-state index contributed by atoms with van der Waals surface area (Å²) in [4.78, 5) is 4.32. The van der Waals surface area contributed by atoms with Crippen molar-refractivity contribution in [2.24, 2.45) is 4.99 Å². The number of aromatic nitrogens is 2. The van der Waals surface area contributed by atoms with E-state index < -0.39 is 0 Å². The summed E-state index contributed by atoms with van der Waals surface area (Å²) in [6, 6.07) is 15.0. The fourth-order valence-electron chi connectivity index (χ4n) is 2.50. The van der Waals surface area contributed by atoms with Crippen LogP contribution in [-0.2, 0) is 4.74 Å². The fraction of sp³-hybridized carbons (Fsp3) is 0.190. The van der Waals surface area contributed by atoms with E-state index in [1.54, 1.807) is 22.9 Å². The average molecular weight is 360 g/mol. The van der Waals surface area contributed by atoms with Crippen LogP contribution in [0.5, 0.6) is 11.6 Å². The van der Waals surface area contributed by atoms with Crippen LogP contribution < -0.4 is 4.74 Å². The van der Waals surface area contributed by atoms with Crippen LogP contribution in [-0.4, -0.2) is 22.8 Å². The molecule has 0 aliphatic rings. The Hall–Kier alpha value is -3.59. The van der Waals surface area contributed by atoms with E-state index in [1.807, 2.05) is 51.2 Å². The van der Waals surface area contributed by atoms with Crippen molar-refractivity contribution in [1.82, 2.24) is 9.78 Å². The number of aliphatic imine (C=N–C) groups is 1. The molecule has 6 nitrogen and oxygen atoms in total. The molecule has 0 unspecified atom stereocenters. The Labute approximate surface area is 158 Å². The number of hydrogen-bond acceptors (Lipinski definition) is 5. The van der Waals surface area contributed by atoms with E-state index in [-0.39, 0.29) is 0 Å². The molecule has 1 heterocycles. The van der Waals surface area contributed by atoms with Gasteiger partial charge in [0.25, 0.3) is 0 Å². The Morgan fingerprint density at radius 2 is 1.93 bits per heavy atom. The molecule has 0 bridgehead atoms. The molecule has 0 saturated carbocycles. The van der Waals surface area contributed by atoms with Crippen LogP contribution in [0.15, 0.2) is 53.7 Å². The van der Waals surface area contributed by atoms with Crippen LogP contribution in [0.25, 0.3) is 5.69 Å². The molecule has 2 aromatic carbocycles. The van der Waals surface area contributed by atoms with E-state index in [2.05, 4.69) is 16.2 Å². The molecule has 6 heteroatoms. The number of hydrogen-bond donors (Lipinski definition) is 0. The summed E-state index contributed by atoms with van der Waals surface area (Å²) < 4.78 is 12.8. The van der Waals surface area contributed by atoms with Crippen molar-refractivity contribution in [3.8, 4) is 23.4 Å². The first-order chi connectivity index (χ1) is 13.1. The van der Waals surface area contributed by atoms with E-state index >= 15 is 0 Å². The predicted octanol–water partition coefficient (Wildman–Crippen LogP) is 4.85. The largest absolute Gasteiger partial charge is 0.483 e. The van der Waals surface area contributed by atoms with Gasteiger partial charge < -0.3 is 9.47 Å². The summed E-state index contributed by atoms with van der Waals surface area (Å²) in [7, 11) is 0. The van der Waals surface area contributed by atoms with Gasteiger partial charge in [-0.25, -0.2) is 9.67 Å². The topological polar surface area (TPSA) is 72.4 Å². The van der Waals surface area contributed by atoms with Crippen LogP contribution in [0.4, 0.5) is 5.69 Å². The third-order valence-corrected chi connectivity index (χ3v) is 3.97. The molecule has 0 spiro atoms. The molecular formula is C21H20N4O2. The Morgan fingerprint density at radius 1 is 1.15 bits per heavy atom. The number of aryl methyl sites for hydroxylation is 2. The van der Waals surface area contributed by atoms with E-state index in [9.17, 15) is 0 Å². The third kappa shape index (κ3) is 4.33. The minimum Gasteiger partial charge on any atom is -0.483 e. The van der Waals surface area contributed by atoms with Crippen LogP contribution in [0.2, 0.25) is 0 Å². The molecule has 0 aliphatic carbocycles. The smallest absolute Gasteiger partial charge is 0.238 e. The van der Waals surface area contributed by atoms with Gasteiger partial charge in [0, 0.05) is 12.3 Å². The van der Waals surface area contributed by atoms with Gasteiger partial charge in [0.05, 0.1) is 29.6 Å². The third-order valence-electron chi connectivity index (χ3n) is 3.97. The van der Waals surface area contributed by atoms with E-state index in [0.717, 1.165) is 28.3 Å². The van der Waals surface area contributed by atoms with Gasteiger partial charge in [0.15, 0.2) is 6.40 Å². The molecule has 0 saturated heterocycles. The summed E-state index contributed by atoms with van der Waals surface area (Å²) >= 11 is 0. The molecule has 0 atom stereocenters.